The highest BCUT2D eigenvalue weighted by atomic mass is 14.4. The predicted molar refractivity (Wildman–Crippen MR) is 291 cm³/mol. The number of rotatable bonds is 5. The van der Waals surface area contributed by atoms with Crippen LogP contribution in [0.4, 0.5) is 0 Å². The largest absolute Gasteiger partial charge is 0.0616 e. The fourth-order valence-electron chi connectivity index (χ4n) is 12.2. The van der Waals surface area contributed by atoms with Gasteiger partial charge in [-0.2, -0.15) is 0 Å². The van der Waals surface area contributed by atoms with Crippen LogP contribution in [0.15, 0.2) is 206 Å². The molecule has 0 nitrogen and oxygen atoms in total. The Morgan fingerprint density at radius 2 is 0.412 bits per heavy atom. The molecule has 14 rings (SSSR count). The summed E-state index contributed by atoms with van der Waals surface area (Å²) in [6.45, 7) is 8.71. The van der Waals surface area contributed by atoms with Gasteiger partial charge in [-0.1, -0.05) is 229 Å². The van der Waals surface area contributed by atoms with E-state index in [0.29, 0.717) is 0 Å². The van der Waals surface area contributed by atoms with E-state index in [1.165, 1.54) is 165 Å². The standard InChI is InChI=1S/C68H46/c1-39-19-27-43(28-20-39)59-51-11-5-7-13-53(51)61(45-31-23-41(3)24-32-45)67-57-37-35-47(49-15-9-17-55(63(49)57)65(59)67)48-36-38-58-64-50(48)16-10-18-56(64)66-60(44-29-21-40(2)22-30-44)52-12-6-8-14-54(52)62(68(58)66)46-33-25-42(4)26-34-46/h5-38H,1-4H3. The minimum Gasteiger partial charge on any atom is -0.0616 e. The zero-order chi connectivity index (χ0) is 45.4. The van der Waals surface area contributed by atoms with E-state index in [2.05, 4.69) is 234 Å². The van der Waals surface area contributed by atoms with Gasteiger partial charge in [0.1, 0.15) is 0 Å². The summed E-state index contributed by atoms with van der Waals surface area (Å²) in [6, 6.07) is 78.6. The minimum atomic E-state index is 1.25. The molecule has 0 unspecified atom stereocenters. The monoisotopic (exact) mass is 862 g/mol. The van der Waals surface area contributed by atoms with Gasteiger partial charge in [0.15, 0.2) is 0 Å². The molecule has 12 aromatic rings. The lowest BCUT2D eigenvalue weighted by atomic mass is 9.82. The topological polar surface area (TPSA) is 0 Å². The number of fused-ring (bicyclic) bond motifs is 8. The van der Waals surface area contributed by atoms with Gasteiger partial charge in [-0.25, -0.2) is 0 Å². The quantitative estimate of drug-likeness (QED) is 0.162. The van der Waals surface area contributed by atoms with Crippen molar-refractivity contribution in [1.82, 2.24) is 0 Å². The second-order valence-electron chi connectivity index (χ2n) is 19.3. The second kappa shape index (κ2) is 14.6. The van der Waals surface area contributed by atoms with E-state index in [4.69, 9.17) is 0 Å². The Hall–Kier alpha value is -8.32. The van der Waals surface area contributed by atoms with Crippen molar-refractivity contribution in [2.45, 2.75) is 27.7 Å². The van der Waals surface area contributed by atoms with Gasteiger partial charge in [-0.3, -0.25) is 0 Å². The van der Waals surface area contributed by atoms with Crippen LogP contribution in [0, 0.1) is 27.7 Å². The number of hydrogen-bond donors (Lipinski definition) is 0. The summed E-state index contributed by atoms with van der Waals surface area (Å²) >= 11 is 0. The zero-order valence-corrected chi connectivity index (χ0v) is 38.6. The van der Waals surface area contributed by atoms with Gasteiger partial charge in [0.05, 0.1) is 0 Å². The summed E-state index contributed by atoms with van der Waals surface area (Å²) in [4.78, 5) is 0. The summed E-state index contributed by atoms with van der Waals surface area (Å²) < 4.78 is 0. The summed E-state index contributed by atoms with van der Waals surface area (Å²) in [7, 11) is 0. The maximum absolute atomic E-state index is 2.44. The highest BCUT2D eigenvalue weighted by Crippen LogP contribution is 2.61. The minimum absolute atomic E-state index is 1.25. The van der Waals surface area contributed by atoms with Crippen molar-refractivity contribution in [1.29, 1.82) is 0 Å². The molecule has 0 heteroatoms. The first-order valence-electron chi connectivity index (χ1n) is 24.0. The van der Waals surface area contributed by atoms with Crippen LogP contribution in [-0.2, 0) is 0 Å². The summed E-state index contributed by atoms with van der Waals surface area (Å²) in [6.07, 6.45) is 0. The molecule has 2 aliphatic rings. The van der Waals surface area contributed by atoms with Gasteiger partial charge in [0.2, 0.25) is 0 Å². The van der Waals surface area contributed by atoms with Gasteiger partial charge in [0.25, 0.3) is 0 Å². The molecule has 0 fully saturated rings. The molecule has 0 bridgehead atoms. The molecule has 0 aliphatic heterocycles. The van der Waals surface area contributed by atoms with Crippen molar-refractivity contribution < 1.29 is 0 Å². The fourth-order valence-corrected chi connectivity index (χ4v) is 12.2. The van der Waals surface area contributed by atoms with Gasteiger partial charge >= 0.3 is 0 Å². The van der Waals surface area contributed by atoms with E-state index in [1.54, 1.807) is 0 Å². The van der Waals surface area contributed by atoms with Crippen LogP contribution in [0.2, 0.25) is 0 Å². The molecule has 68 heavy (non-hydrogen) atoms. The highest BCUT2D eigenvalue weighted by molar-refractivity contribution is 6.32. The van der Waals surface area contributed by atoms with Gasteiger partial charge in [-0.15, -0.1) is 0 Å². The van der Waals surface area contributed by atoms with Crippen LogP contribution in [0.25, 0.3) is 143 Å². The lowest BCUT2D eigenvalue weighted by molar-refractivity contribution is 1.47. The molecule has 12 aromatic carbocycles. The summed E-state index contributed by atoms with van der Waals surface area (Å²) in [5, 5.41) is 10.4. The molecule has 0 radical (unpaired) electrons. The van der Waals surface area contributed by atoms with Crippen LogP contribution >= 0.6 is 0 Å². The van der Waals surface area contributed by atoms with Gasteiger partial charge < -0.3 is 0 Å². The normalized spacial score (nSPS) is 12.1. The van der Waals surface area contributed by atoms with E-state index in [0.717, 1.165) is 0 Å². The molecule has 0 aromatic heterocycles. The zero-order valence-electron chi connectivity index (χ0n) is 38.6. The third-order valence-corrected chi connectivity index (χ3v) is 15.2. The molecule has 2 aliphatic carbocycles. The third kappa shape index (κ3) is 5.49. The SMILES string of the molecule is Cc1ccc(-c2c3c(c(-c4ccc(C)cc4)c4ccccc24)-c2ccc(-c4ccc5c6c(cccc46)-c4c-5c(-c5ccc(C)cc5)c5ccccc5c4-c4ccc(C)cc4)c4cccc-3c24)cc1. The fraction of sp³-hybridized carbons (Fsp3) is 0.0588. The summed E-state index contributed by atoms with van der Waals surface area (Å²) in [5.74, 6) is 0. The van der Waals surface area contributed by atoms with Crippen LogP contribution in [-0.4, -0.2) is 0 Å². The Morgan fingerprint density at radius 3 is 0.691 bits per heavy atom. The van der Waals surface area contributed by atoms with E-state index in [-0.39, 0.29) is 0 Å². The average molecular weight is 863 g/mol. The maximum Gasteiger partial charge on any atom is -0.000741 e. The van der Waals surface area contributed by atoms with E-state index in [1.807, 2.05) is 0 Å². The van der Waals surface area contributed by atoms with E-state index >= 15 is 0 Å². The molecule has 0 saturated heterocycles. The van der Waals surface area contributed by atoms with Crippen molar-refractivity contribution in [2.24, 2.45) is 0 Å². The lowest BCUT2D eigenvalue weighted by Gasteiger charge is -2.20. The van der Waals surface area contributed by atoms with Crippen LogP contribution in [0.1, 0.15) is 22.3 Å². The number of hydrogen-bond acceptors (Lipinski definition) is 0. The van der Waals surface area contributed by atoms with Crippen molar-refractivity contribution in [3.05, 3.63) is 229 Å². The highest BCUT2D eigenvalue weighted by Gasteiger charge is 2.34. The van der Waals surface area contributed by atoms with Crippen molar-refractivity contribution in [3.8, 4) is 100 Å². The van der Waals surface area contributed by atoms with Crippen molar-refractivity contribution >= 4 is 43.1 Å². The molecule has 0 heterocycles. The second-order valence-corrected chi connectivity index (χ2v) is 19.3. The van der Waals surface area contributed by atoms with Gasteiger partial charge in [-0.05, 0) is 171 Å². The first-order chi connectivity index (χ1) is 33.4. The molecule has 318 valence electrons. The van der Waals surface area contributed by atoms with E-state index in [9.17, 15) is 0 Å². The smallest absolute Gasteiger partial charge is 0.000741 e. The third-order valence-electron chi connectivity index (χ3n) is 15.2. The first kappa shape index (κ1) is 38.9. The molecule has 0 N–H and O–H groups in total. The Bertz CT molecular complexity index is 3640. The Morgan fingerprint density at radius 1 is 0.176 bits per heavy atom. The lowest BCUT2D eigenvalue weighted by Crippen LogP contribution is -1.93. The van der Waals surface area contributed by atoms with Crippen LogP contribution < -0.4 is 0 Å². The number of aryl methyl sites for hydroxylation is 4. The Balaban J connectivity index is 1.06. The molecular weight excluding hydrogens is 817 g/mol. The van der Waals surface area contributed by atoms with Crippen LogP contribution in [0.5, 0.6) is 0 Å². The molecule has 0 atom stereocenters. The van der Waals surface area contributed by atoms with Gasteiger partial charge in [0, 0.05) is 0 Å². The molecular formula is C68H46. The molecule has 0 spiro atoms. The first-order valence-corrected chi connectivity index (χ1v) is 24.0. The predicted octanol–water partition coefficient (Wildman–Crippen LogP) is 19.2. The van der Waals surface area contributed by atoms with Crippen LogP contribution in [0.3, 0.4) is 0 Å². The molecule has 0 saturated carbocycles. The number of benzene rings is 12. The molecule has 0 amide bonds. The van der Waals surface area contributed by atoms with Crippen molar-refractivity contribution in [3.63, 3.8) is 0 Å². The summed E-state index contributed by atoms with van der Waals surface area (Å²) in [5.41, 5.74) is 28.3. The Kier molecular flexibility index (Phi) is 8.35. The van der Waals surface area contributed by atoms with E-state index < -0.39 is 0 Å². The Labute approximate surface area is 397 Å². The maximum atomic E-state index is 2.44. The van der Waals surface area contributed by atoms with Crippen molar-refractivity contribution in [2.75, 3.05) is 0 Å². The average Bonchev–Trinajstić information content (AvgIpc) is 3.88.